The van der Waals surface area contributed by atoms with E-state index in [2.05, 4.69) is 4.74 Å². The van der Waals surface area contributed by atoms with Crippen molar-refractivity contribution in [2.45, 2.75) is 113 Å². The maximum Gasteiger partial charge on any atom is 3.00 e. The fourth-order valence-corrected chi connectivity index (χ4v) is 1.59. The van der Waals surface area contributed by atoms with E-state index < -0.39 is 36.2 Å². The van der Waals surface area contributed by atoms with E-state index in [0.717, 1.165) is 0 Å². The Balaban J connectivity index is -0.000000110. The molecule has 3 unspecified atom stereocenters. The van der Waals surface area contributed by atoms with Gasteiger partial charge in [0.15, 0.2) is 0 Å². The Bertz CT molecular complexity index is 475. The molecule has 0 spiro atoms. The number of rotatable bonds is 10. The van der Waals surface area contributed by atoms with Crippen molar-refractivity contribution in [2.75, 3.05) is 6.61 Å². The number of carboxylic acid groups (broad SMARTS) is 3. The minimum absolute atomic E-state index is 0. The topological polar surface area (TPSA) is 174 Å². The molecule has 0 heterocycles. The molecule has 11 nitrogen and oxygen atoms in total. The van der Waals surface area contributed by atoms with E-state index in [1.54, 1.807) is 48.5 Å². The number of carbonyl (C=O) groups excluding carboxylic acids is 4. The van der Waals surface area contributed by atoms with Crippen molar-refractivity contribution in [2.24, 2.45) is 0 Å². The number of carbonyl (C=O) groups is 4. The first-order chi connectivity index (χ1) is 14.9. The fourth-order valence-electron chi connectivity index (χ4n) is 1.59. The second-order valence-electron chi connectivity index (χ2n) is 7.36. The average Bonchev–Trinajstić information content (AvgIpc) is 2.61. The SMILES string of the molecule is CC(C)OC(C)C(=O)[O-].CC(C)OC(C)C(=O)[O-].CC(C)OC(C)C(=O)[O-].CCOC(C)=O.[Al+3]. The molecule has 0 saturated heterocycles. The number of hydrogen-bond donors (Lipinski definition) is 0. The van der Waals surface area contributed by atoms with E-state index in [0.29, 0.717) is 6.61 Å². The van der Waals surface area contributed by atoms with Crippen LogP contribution in [-0.4, -0.2) is 84.5 Å². The molecular formula is C22H41AlO11. The van der Waals surface area contributed by atoms with Crippen molar-refractivity contribution in [1.29, 1.82) is 0 Å². The maximum atomic E-state index is 10.00. The number of hydrogen-bond acceptors (Lipinski definition) is 11. The summed E-state index contributed by atoms with van der Waals surface area (Å²) in [6.07, 6.45) is -2.58. The Kier molecular flexibility index (Phi) is 32.3. The number of esters is 1. The molecule has 0 bridgehead atoms. The third kappa shape index (κ3) is 40.6. The van der Waals surface area contributed by atoms with Crippen LogP contribution >= 0.6 is 0 Å². The van der Waals surface area contributed by atoms with Gasteiger partial charge in [0, 0.05) is 6.92 Å². The molecule has 0 radical (unpaired) electrons. The standard InChI is InChI=1S/3C6H12O3.C4H8O2.Al/c3*1-4(2)9-5(3)6(7)8;1-3-6-4(2)5;/h3*4-5H,1-3H3,(H,7,8);3H2,1-2H3;/q;;;;+3/p-3. The van der Waals surface area contributed by atoms with Crippen LogP contribution in [0.2, 0.25) is 0 Å². The maximum absolute atomic E-state index is 10.00. The normalized spacial score (nSPS) is 12.3. The van der Waals surface area contributed by atoms with Crippen LogP contribution in [0.5, 0.6) is 0 Å². The van der Waals surface area contributed by atoms with Gasteiger partial charge in [0.2, 0.25) is 0 Å². The molecule has 12 heteroatoms. The van der Waals surface area contributed by atoms with Crippen molar-refractivity contribution in [3.63, 3.8) is 0 Å². The fraction of sp³-hybridized carbons (Fsp3) is 0.818. The van der Waals surface area contributed by atoms with Gasteiger partial charge in [0.25, 0.3) is 0 Å². The van der Waals surface area contributed by atoms with Gasteiger partial charge in [-0.15, -0.1) is 0 Å². The number of carboxylic acids is 3. The quantitative estimate of drug-likeness (QED) is 0.257. The van der Waals surface area contributed by atoms with Gasteiger partial charge in [0.05, 0.1) is 61.1 Å². The Morgan fingerprint density at radius 2 is 0.794 bits per heavy atom. The van der Waals surface area contributed by atoms with Gasteiger partial charge in [0.1, 0.15) is 0 Å². The summed E-state index contributed by atoms with van der Waals surface area (Å²) in [5, 5.41) is 30.0. The van der Waals surface area contributed by atoms with Crippen LogP contribution in [-0.2, 0) is 38.1 Å². The second kappa shape index (κ2) is 25.9. The summed E-state index contributed by atoms with van der Waals surface area (Å²) in [4.78, 5) is 39.8. The van der Waals surface area contributed by atoms with Gasteiger partial charge in [-0.2, -0.15) is 0 Å². The summed E-state index contributed by atoms with van der Waals surface area (Å²) in [5.74, 6) is -3.70. The van der Waals surface area contributed by atoms with Crippen molar-refractivity contribution in [3.05, 3.63) is 0 Å². The molecule has 0 aliphatic rings. The molecule has 0 aliphatic carbocycles. The summed E-state index contributed by atoms with van der Waals surface area (Å²) < 4.78 is 19.0. The Labute approximate surface area is 214 Å². The first-order valence-electron chi connectivity index (χ1n) is 10.6. The van der Waals surface area contributed by atoms with E-state index in [4.69, 9.17) is 14.2 Å². The van der Waals surface area contributed by atoms with Crippen LogP contribution in [0.25, 0.3) is 0 Å². The molecule has 0 aliphatic heterocycles. The van der Waals surface area contributed by atoms with Gasteiger partial charge in [-0.05, 0) is 69.2 Å². The average molecular weight is 509 g/mol. The third-order valence-corrected chi connectivity index (χ3v) is 2.77. The van der Waals surface area contributed by atoms with Gasteiger partial charge in [-0.3, -0.25) is 4.79 Å². The molecule has 0 aromatic heterocycles. The number of aliphatic carboxylic acids is 3. The van der Waals surface area contributed by atoms with Crippen LogP contribution in [0.4, 0.5) is 0 Å². The van der Waals surface area contributed by atoms with Crippen molar-refractivity contribution in [3.8, 4) is 0 Å². The predicted molar refractivity (Wildman–Crippen MR) is 120 cm³/mol. The minimum Gasteiger partial charge on any atom is -0.547 e. The van der Waals surface area contributed by atoms with E-state index in [-0.39, 0.29) is 41.6 Å². The summed E-state index contributed by atoms with van der Waals surface area (Å²) in [7, 11) is 0. The molecule has 198 valence electrons. The van der Waals surface area contributed by atoms with Gasteiger partial charge in [-0.25, -0.2) is 0 Å². The van der Waals surface area contributed by atoms with Crippen LogP contribution < -0.4 is 15.3 Å². The molecular weight excluding hydrogens is 467 g/mol. The Morgan fingerprint density at radius 3 is 0.824 bits per heavy atom. The van der Waals surface area contributed by atoms with Crippen molar-refractivity contribution < 1.29 is 53.4 Å². The Morgan fingerprint density at radius 1 is 0.588 bits per heavy atom. The van der Waals surface area contributed by atoms with E-state index >= 15 is 0 Å². The molecule has 3 atom stereocenters. The zero-order chi connectivity index (χ0) is 27.3. The van der Waals surface area contributed by atoms with Gasteiger partial charge >= 0.3 is 23.3 Å². The summed E-state index contributed by atoms with van der Waals surface area (Å²) in [6, 6.07) is 0. The van der Waals surface area contributed by atoms with E-state index in [1.165, 1.54) is 27.7 Å². The van der Waals surface area contributed by atoms with Crippen LogP contribution in [0.1, 0.15) is 76.2 Å². The zero-order valence-electron chi connectivity index (χ0n) is 22.2. The number of ether oxygens (including phenoxy) is 4. The smallest absolute Gasteiger partial charge is 0.547 e. The van der Waals surface area contributed by atoms with Gasteiger partial charge in [-0.1, -0.05) is 0 Å². The van der Waals surface area contributed by atoms with Crippen LogP contribution in [0.3, 0.4) is 0 Å². The summed E-state index contributed by atoms with van der Waals surface area (Å²) >= 11 is 0. The van der Waals surface area contributed by atoms with Crippen molar-refractivity contribution >= 4 is 41.2 Å². The summed E-state index contributed by atoms with van der Waals surface area (Å²) in [5.41, 5.74) is 0. The predicted octanol–water partition coefficient (Wildman–Crippen LogP) is -1.16. The molecule has 0 amide bonds. The zero-order valence-corrected chi connectivity index (χ0v) is 23.4. The first-order valence-corrected chi connectivity index (χ1v) is 10.6. The molecule has 0 aromatic carbocycles. The Hall–Kier alpha value is -1.71. The molecule has 0 rings (SSSR count). The minimum atomic E-state index is -1.16. The molecule has 0 saturated carbocycles. The second-order valence-corrected chi connectivity index (χ2v) is 7.36. The summed E-state index contributed by atoms with van der Waals surface area (Å²) in [6.45, 7) is 18.7. The van der Waals surface area contributed by atoms with Crippen molar-refractivity contribution in [1.82, 2.24) is 0 Å². The largest absolute Gasteiger partial charge is 3.00 e. The first kappa shape index (κ1) is 42.5. The van der Waals surface area contributed by atoms with Crippen LogP contribution in [0, 0.1) is 0 Å². The third-order valence-electron chi connectivity index (χ3n) is 2.77. The molecule has 0 aromatic rings. The van der Waals surface area contributed by atoms with E-state index in [1.807, 2.05) is 0 Å². The van der Waals surface area contributed by atoms with E-state index in [9.17, 15) is 34.5 Å². The molecule has 34 heavy (non-hydrogen) atoms. The van der Waals surface area contributed by atoms with Gasteiger partial charge < -0.3 is 48.7 Å². The monoisotopic (exact) mass is 508 g/mol. The van der Waals surface area contributed by atoms with Crippen LogP contribution in [0.15, 0.2) is 0 Å². The molecule has 0 N–H and O–H groups in total. The molecule has 0 fully saturated rings.